The van der Waals surface area contributed by atoms with E-state index in [-0.39, 0.29) is 6.04 Å². The first-order valence-corrected chi connectivity index (χ1v) is 10.9. The van der Waals surface area contributed by atoms with Crippen LogP contribution < -0.4 is 11.1 Å². The van der Waals surface area contributed by atoms with Crippen LogP contribution in [0.3, 0.4) is 0 Å². The maximum absolute atomic E-state index is 5.91. The molecule has 0 spiro atoms. The van der Waals surface area contributed by atoms with E-state index in [1.165, 1.54) is 0 Å². The van der Waals surface area contributed by atoms with Crippen LogP contribution in [-0.4, -0.2) is 15.0 Å². The first-order valence-electron chi connectivity index (χ1n) is 10.9. The SMILES string of the molecule is Cc1nc(NC(C)c2cccc(-c3cncc(N)c3)c2)cc(-c2ccc3occ(C)c3c2)n1. The minimum Gasteiger partial charge on any atom is -0.464 e. The number of nitrogen functional groups attached to an aromatic ring is 1. The first kappa shape index (κ1) is 20.7. The van der Waals surface area contributed by atoms with Gasteiger partial charge >= 0.3 is 0 Å². The molecule has 5 rings (SSSR count). The summed E-state index contributed by atoms with van der Waals surface area (Å²) in [4.78, 5) is 13.5. The van der Waals surface area contributed by atoms with Crippen LogP contribution in [0.1, 0.15) is 29.9 Å². The molecule has 33 heavy (non-hydrogen) atoms. The van der Waals surface area contributed by atoms with Gasteiger partial charge in [0.2, 0.25) is 0 Å². The summed E-state index contributed by atoms with van der Waals surface area (Å²) >= 11 is 0. The molecule has 0 amide bonds. The van der Waals surface area contributed by atoms with Crippen molar-refractivity contribution < 1.29 is 4.42 Å². The highest BCUT2D eigenvalue weighted by molar-refractivity contribution is 5.85. The number of rotatable bonds is 5. The van der Waals surface area contributed by atoms with Gasteiger partial charge in [0.1, 0.15) is 17.2 Å². The lowest BCUT2D eigenvalue weighted by Gasteiger charge is -2.17. The summed E-state index contributed by atoms with van der Waals surface area (Å²) in [7, 11) is 0. The minimum atomic E-state index is 0.0414. The third kappa shape index (κ3) is 4.28. The molecular formula is C27H25N5O. The summed E-state index contributed by atoms with van der Waals surface area (Å²) in [6.45, 7) is 6.08. The second kappa shape index (κ2) is 8.39. The van der Waals surface area contributed by atoms with Crippen LogP contribution in [0.15, 0.2) is 77.7 Å². The zero-order valence-electron chi connectivity index (χ0n) is 18.8. The number of hydrogen-bond acceptors (Lipinski definition) is 6. The number of anilines is 2. The average Bonchev–Trinajstić information content (AvgIpc) is 3.19. The van der Waals surface area contributed by atoms with Gasteiger partial charge in [0.25, 0.3) is 0 Å². The van der Waals surface area contributed by atoms with Crippen LogP contribution in [-0.2, 0) is 0 Å². The Morgan fingerprint density at radius 3 is 2.64 bits per heavy atom. The van der Waals surface area contributed by atoms with Crippen LogP contribution in [0.5, 0.6) is 0 Å². The molecule has 0 aliphatic heterocycles. The Bertz CT molecular complexity index is 1460. The molecule has 3 heterocycles. The van der Waals surface area contributed by atoms with Gasteiger partial charge in [0, 0.05) is 41.0 Å². The Hall–Kier alpha value is -4.19. The van der Waals surface area contributed by atoms with Crippen molar-refractivity contribution in [1.29, 1.82) is 0 Å². The molecule has 1 unspecified atom stereocenters. The van der Waals surface area contributed by atoms with E-state index in [1.807, 2.05) is 50.4 Å². The van der Waals surface area contributed by atoms with Crippen molar-refractivity contribution in [2.45, 2.75) is 26.8 Å². The fourth-order valence-electron chi connectivity index (χ4n) is 4.01. The lowest BCUT2D eigenvalue weighted by molar-refractivity contribution is 0.613. The van der Waals surface area contributed by atoms with Gasteiger partial charge in [-0.15, -0.1) is 0 Å². The maximum atomic E-state index is 5.91. The molecule has 2 aromatic carbocycles. The predicted molar refractivity (Wildman–Crippen MR) is 133 cm³/mol. The van der Waals surface area contributed by atoms with E-state index in [4.69, 9.17) is 10.2 Å². The number of aromatic nitrogens is 3. The zero-order valence-corrected chi connectivity index (χ0v) is 18.8. The molecule has 0 bridgehead atoms. The number of nitrogens with two attached hydrogens (primary N) is 1. The minimum absolute atomic E-state index is 0.0414. The number of nitrogens with one attached hydrogen (secondary N) is 1. The summed E-state index contributed by atoms with van der Waals surface area (Å²) in [6, 6.07) is 18.5. The Morgan fingerprint density at radius 2 is 1.79 bits per heavy atom. The molecule has 0 fully saturated rings. The monoisotopic (exact) mass is 435 g/mol. The van der Waals surface area contributed by atoms with E-state index < -0.39 is 0 Å². The summed E-state index contributed by atoms with van der Waals surface area (Å²) in [6.07, 6.45) is 5.26. The molecule has 6 nitrogen and oxygen atoms in total. The number of hydrogen-bond donors (Lipinski definition) is 2. The van der Waals surface area contributed by atoms with Crippen LogP contribution in [0.25, 0.3) is 33.4 Å². The molecule has 0 saturated carbocycles. The highest BCUT2D eigenvalue weighted by Gasteiger charge is 2.12. The predicted octanol–water partition coefficient (Wildman–Crippen LogP) is 6.32. The molecule has 0 aliphatic carbocycles. The molecule has 164 valence electrons. The fraction of sp³-hybridized carbons (Fsp3) is 0.148. The summed E-state index contributed by atoms with van der Waals surface area (Å²) < 4.78 is 5.58. The van der Waals surface area contributed by atoms with Crippen molar-refractivity contribution >= 4 is 22.5 Å². The van der Waals surface area contributed by atoms with Crippen molar-refractivity contribution in [1.82, 2.24) is 15.0 Å². The molecule has 3 aromatic heterocycles. The molecule has 0 radical (unpaired) electrons. The third-order valence-corrected chi connectivity index (χ3v) is 5.74. The van der Waals surface area contributed by atoms with Gasteiger partial charge < -0.3 is 15.5 Å². The van der Waals surface area contributed by atoms with Crippen molar-refractivity contribution in [3.63, 3.8) is 0 Å². The number of nitrogens with zero attached hydrogens (tertiary/aromatic N) is 3. The molecule has 6 heteroatoms. The van der Waals surface area contributed by atoms with Gasteiger partial charge in [-0.3, -0.25) is 4.98 Å². The van der Waals surface area contributed by atoms with E-state index in [0.717, 1.165) is 50.3 Å². The smallest absolute Gasteiger partial charge is 0.134 e. The summed E-state index contributed by atoms with van der Waals surface area (Å²) in [5, 5.41) is 4.63. The van der Waals surface area contributed by atoms with Crippen LogP contribution in [0, 0.1) is 13.8 Å². The van der Waals surface area contributed by atoms with Crippen LogP contribution >= 0.6 is 0 Å². The summed E-state index contributed by atoms with van der Waals surface area (Å²) in [5.74, 6) is 1.50. The molecule has 0 aliphatic rings. The van der Waals surface area contributed by atoms with Crippen molar-refractivity contribution in [2.24, 2.45) is 0 Å². The van der Waals surface area contributed by atoms with Crippen molar-refractivity contribution in [3.05, 3.63) is 90.2 Å². The zero-order chi connectivity index (χ0) is 22.9. The van der Waals surface area contributed by atoms with Gasteiger partial charge in [0.05, 0.1) is 17.6 Å². The van der Waals surface area contributed by atoms with Crippen LogP contribution in [0.4, 0.5) is 11.5 Å². The molecule has 1 atom stereocenters. The van der Waals surface area contributed by atoms with E-state index in [9.17, 15) is 0 Å². The molecule has 0 saturated heterocycles. The maximum Gasteiger partial charge on any atom is 0.134 e. The Labute approximate surface area is 192 Å². The Balaban J connectivity index is 1.43. The van der Waals surface area contributed by atoms with Crippen LogP contribution in [0.2, 0.25) is 0 Å². The quantitative estimate of drug-likeness (QED) is 0.335. The Morgan fingerprint density at radius 1 is 0.909 bits per heavy atom. The number of aryl methyl sites for hydroxylation is 2. The van der Waals surface area contributed by atoms with E-state index in [2.05, 4.69) is 51.5 Å². The highest BCUT2D eigenvalue weighted by atomic mass is 16.3. The lowest BCUT2D eigenvalue weighted by atomic mass is 10.0. The lowest BCUT2D eigenvalue weighted by Crippen LogP contribution is -2.09. The highest BCUT2D eigenvalue weighted by Crippen LogP contribution is 2.29. The van der Waals surface area contributed by atoms with Gasteiger partial charge in [-0.25, -0.2) is 9.97 Å². The molecule has 3 N–H and O–H groups in total. The largest absolute Gasteiger partial charge is 0.464 e. The van der Waals surface area contributed by atoms with Gasteiger partial charge in [-0.2, -0.15) is 0 Å². The van der Waals surface area contributed by atoms with E-state index in [0.29, 0.717) is 11.5 Å². The van der Waals surface area contributed by atoms with E-state index >= 15 is 0 Å². The average molecular weight is 436 g/mol. The second-order valence-corrected chi connectivity index (χ2v) is 8.31. The standard InChI is InChI=1S/C27H25N5O/c1-16-15-33-26-8-7-21(11-24(16)26)25-12-27(32-18(3)31-25)30-17(2)19-5-4-6-20(9-19)22-10-23(28)14-29-13-22/h4-15,17H,28H2,1-3H3,(H,30,31,32). The number of fused-ring (bicyclic) bond motifs is 1. The molecular weight excluding hydrogens is 410 g/mol. The number of pyridine rings is 1. The van der Waals surface area contributed by atoms with Crippen molar-refractivity contribution in [2.75, 3.05) is 11.1 Å². The third-order valence-electron chi connectivity index (χ3n) is 5.74. The van der Waals surface area contributed by atoms with E-state index in [1.54, 1.807) is 12.5 Å². The second-order valence-electron chi connectivity index (χ2n) is 8.31. The number of furan rings is 1. The first-order chi connectivity index (χ1) is 16.0. The van der Waals surface area contributed by atoms with Gasteiger partial charge in [-0.05, 0) is 67.8 Å². The van der Waals surface area contributed by atoms with Gasteiger partial charge in [-0.1, -0.05) is 18.2 Å². The van der Waals surface area contributed by atoms with Gasteiger partial charge in [0.15, 0.2) is 0 Å². The number of benzene rings is 2. The molecule has 5 aromatic rings. The fourth-order valence-corrected chi connectivity index (χ4v) is 4.01. The van der Waals surface area contributed by atoms with Crippen molar-refractivity contribution in [3.8, 4) is 22.4 Å². The topological polar surface area (TPSA) is 89.9 Å². The summed E-state index contributed by atoms with van der Waals surface area (Å²) in [5.41, 5.74) is 13.7. The Kier molecular flexibility index (Phi) is 5.26. The normalized spacial score (nSPS) is 12.1.